The summed E-state index contributed by atoms with van der Waals surface area (Å²) in [6.45, 7) is 18.1. The molecule has 0 aromatic carbocycles. The Kier molecular flexibility index (Phi) is 9.76. The molecule has 0 aliphatic heterocycles. The molecule has 0 atom stereocenters. The minimum absolute atomic E-state index is 0.550. The summed E-state index contributed by atoms with van der Waals surface area (Å²) < 4.78 is 0. The van der Waals surface area contributed by atoms with Crippen LogP contribution in [0.1, 0.15) is 74.7 Å². The van der Waals surface area contributed by atoms with Crippen molar-refractivity contribution >= 4 is 0 Å². The monoisotopic (exact) mass is 200 g/mol. The third-order valence-corrected chi connectivity index (χ3v) is 1.94. The molecule has 0 aromatic rings. The van der Waals surface area contributed by atoms with Gasteiger partial charge in [0.15, 0.2) is 0 Å². The van der Waals surface area contributed by atoms with Crippen LogP contribution < -0.4 is 0 Å². The Hall–Kier alpha value is 0. The summed E-state index contributed by atoms with van der Waals surface area (Å²) in [7, 11) is 0. The summed E-state index contributed by atoms with van der Waals surface area (Å²) in [5, 5.41) is 0. The first kappa shape index (κ1) is 16.4. The van der Waals surface area contributed by atoms with Gasteiger partial charge in [-0.15, -0.1) is 0 Å². The van der Waals surface area contributed by atoms with E-state index in [9.17, 15) is 0 Å². The van der Waals surface area contributed by atoms with Crippen LogP contribution in [0.2, 0.25) is 0 Å². The first-order valence-electron chi connectivity index (χ1n) is 6.19. The van der Waals surface area contributed by atoms with Crippen LogP contribution in [0.4, 0.5) is 0 Å². The third-order valence-electron chi connectivity index (χ3n) is 1.94. The van der Waals surface area contributed by atoms with Gasteiger partial charge < -0.3 is 0 Å². The summed E-state index contributed by atoms with van der Waals surface area (Å²) in [4.78, 5) is 0. The maximum Gasteiger partial charge on any atom is -0.0383 e. The van der Waals surface area contributed by atoms with E-state index in [2.05, 4.69) is 55.4 Å². The molecule has 0 fully saturated rings. The molecular weight excluding hydrogens is 168 g/mol. The molecule has 0 nitrogen and oxygen atoms in total. The summed E-state index contributed by atoms with van der Waals surface area (Å²) >= 11 is 0. The molecule has 0 saturated heterocycles. The average Bonchev–Trinajstić information content (AvgIpc) is 1.80. The summed E-state index contributed by atoms with van der Waals surface area (Å²) in [5.74, 6) is 1.75. The van der Waals surface area contributed by atoms with Gasteiger partial charge in [-0.25, -0.2) is 0 Å². The Morgan fingerprint density at radius 1 is 0.857 bits per heavy atom. The molecule has 0 saturated carbocycles. The van der Waals surface area contributed by atoms with Crippen LogP contribution in [0, 0.1) is 17.3 Å². The van der Waals surface area contributed by atoms with Crippen molar-refractivity contribution in [1.82, 2.24) is 0 Å². The SMILES string of the molecule is CC(C)CC(C)C.CCCC(C)(C)C. The average molecular weight is 200 g/mol. The first-order chi connectivity index (χ1) is 6.19. The highest BCUT2D eigenvalue weighted by Gasteiger charge is 2.06. The fourth-order valence-electron chi connectivity index (χ4n) is 1.69. The van der Waals surface area contributed by atoms with Crippen molar-refractivity contribution < 1.29 is 0 Å². The summed E-state index contributed by atoms with van der Waals surface area (Å²) in [6.07, 6.45) is 4.01. The van der Waals surface area contributed by atoms with Crippen molar-refractivity contribution in [2.75, 3.05) is 0 Å². The second-order valence-corrected chi connectivity index (χ2v) is 6.33. The molecule has 0 heterocycles. The van der Waals surface area contributed by atoms with Crippen molar-refractivity contribution in [1.29, 1.82) is 0 Å². The van der Waals surface area contributed by atoms with Gasteiger partial charge in [0.1, 0.15) is 0 Å². The van der Waals surface area contributed by atoms with E-state index in [1.54, 1.807) is 0 Å². The van der Waals surface area contributed by atoms with E-state index in [0.717, 1.165) is 11.8 Å². The highest BCUT2D eigenvalue weighted by atomic mass is 14.1. The standard InChI is InChI=1S/2C7H16/c1-6(2)5-7(3)4;1-5-6-7(2,3)4/h6-7H,5H2,1-4H3;5-6H2,1-4H3. The zero-order chi connectivity index (χ0) is 11.8. The molecule has 0 spiro atoms. The van der Waals surface area contributed by atoms with Crippen LogP contribution >= 0.6 is 0 Å². The molecule has 0 unspecified atom stereocenters. The van der Waals surface area contributed by atoms with E-state index in [1.165, 1.54) is 19.3 Å². The molecule has 0 aliphatic rings. The predicted molar refractivity (Wildman–Crippen MR) is 68.7 cm³/mol. The van der Waals surface area contributed by atoms with E-state index in [1.807, 2.05) is 0 Å². The van der Waals surface area contributed by atoms with Gasteiger partial charge in [0.2, 0.25) is 0 Å². The molecule has 0 aromatic heterocycles. The van der Waals surface area contributed by atoms with E-state index in [-0.39, 0.29) is 0 Å². The van der Waals surface area contributed by atoms with Crippen molar-refractivity contribution in [3.05, 3.63) is 0 Å². The van der Waals surface area contributed by atoms with Gasteiger partial charge in [-0.2, -0.15) is 0 Å². The largest absolute Gasteiger partial charge is 0.0654 e. The van der Waals surface area contributed by atoms with Gasteiger partial charge in [-0.1, -0.05) is 61.8 Å². The maximum absolute atomic E-state index is 2.27. The van der Waals surface area contributed by atoms with Crippen LogP contribution in [0.3, 0.4) is 0 Å². The van der Waals surface area contributed by atoms with Crippen molar-refractivity contribution in [2.45, 2.75) is 74.7 Å². The van der Waals surface area contributed by atoms with Crippen molar-refractivity contribution in [3.63, 3.8) is 0 Å². The lowest BCUT2D eigenvalue weighted by Crippen LogP contribution is -2.02. The number of rotatable bonds is 3. The highest BCUT2D eigenvalue weighted by Crippen LogP contribution is 2.19. The smallest absolute Gasteiger partial charge is 0.0383 e. The Balaban J connectivity index is 0. The van der Waals surface area contributed by atoms with Crippen molar-refractivity contribution in [3.8, 4) is 0 Å². The van der Waals surface area contributed by atoms with Gasteiger partial charge in [-0.05, 0) is 30.1 Å². The van der Waals surface area contributed by atoms with Gasteiger partial charge in [0.05, 0.1) is 0 Å². The lowest BCUT2D eigenvalue weighted by Gasteiger charge is -2.15. The van der Waals surface area contributed by atoms with Crippen LogP contribution in [0.25, 0.3) is 0 Å². The molecule has 0 amide bonds. The van der Waals surface area contributed by atoms with Crippen LogP contribution in [0.15, 0.2) is 0 Å². The molecule has 0 rings (SSSR count). The summed E-state index contributed by atoms with van der Waals surface area (Å²) in [5.41, 5.74) is 0.550. The fourth-order valence-corrected chi connectivity index (χ4v) is 1.69. The lowest BCUT2D eigenvalue weighted by atomic mass is 9.91. The topological polar surface area (TPSA) is 0 Å². The van der Waals surface area contributed by atoms with Gasteiger partial charge in [0, 0.05) is 0 Å². The van der Waals surface area contributed by atoms with Crippen LogP contribution in [-0.2, 0) is 0 Å². The zero-order valence-corrected chi connectivity index (χ0v) is 11.8. The summed E-state index contributed by atoms with van der Waals surface area (Å²) in [6, 6.07) is 0. The zero-order valence-electron chi connectivity index (χ0n) is 11.8. The second-order valence-electron chi connectivity index (χ2n) is 6.33. The van der Waals surface area contributed by atoms with Crippen molar-refractivity contribution in [2.24, 2.45) is 17.3 Å². The molecule has 0 bridgehead atoms. The Morgan fingerprint density at radius 2 is 1.21 bits per heavy atom. The van der Waals surface area contributed by atoms with E-state index < -0.39 is 0 Å². The molecule has 14 heavy (non-hydrogen) atoms. The minimum atomic E-state index is 0.550. The van der Waals surface area contributed by atoms with Gasteiger partial charge >= 0.3 is 0 Å². The fraction of sp³-hybridized carbons (Fsp3) is 1.00. The first-order valence-corrected chi connectivity index (χ1v) is 6.19. The Labute approximate surface area is 92.5 Å². The molecular formula is C14H32. The molecule has 0 heteroatoms. The quantitative estimate of drug-likeness (QED) is 0.562. The Morgan fingerprint density at radius 3 is 1.21 bits per heavy atom. The number of hydrogen-bond donors (Lipinski definition) is 0. The third kappa shape index (κ3) is 22.7. The normalized spacial score (nSPS) is 11.6. The highest BCUT2D eigenvalue weighted by molar-refractivity contribution is 4.58. The van der Waals surface area contributed by atoms with E-state index in [4.69, 9.17) is 0 Å². The molecule has 0 N–H and O–H groups in total. The minimum Gasteiger partial charge on any atom is -0.0654 e. The molecule has 0 radical (unpaired) electrons. The van der Waals surface area contributed by atoms with E-state index in [0.29, 0.717) is 5.41 Å². The van der Waals surface area contributed by atoms with E-state index >= 15 is 0 Å². The predicted octanol–water partition coefficient (Wildman–Crippen LogP) is 5.52. The maximum atomic E-state index is 2.27. The van der Waals surface area contributed by atoms with Gasteiger partial charge in [-0.3, -0.25) is 0 Å². The molecule has 0 aliphatic carbocycles. The second kappa shape index (κ2) is 8.32. The molecule has 88 valence electrons. The number of hydrogen-bond acceptors (Lipinski definition) is 0. The lowest BCUT2D eigenvalue weighted by molar-refractivity contribution is 0.373. The Bertz CT molecular complexity index is 97.7. The van der Waals surface area contributed by atoms with Crippen LogP contribution in [0.5, 0.6) is 0 Å². The van der Waals surface area contributed by atoms with Crippen LogP contribution in [-0.4, -0.2) is 0 Å². The van der Waals surface area contributed by atoms with Gasteiger partial charge in [0.25, 0.3) is 0 Å².